The van der Waals surface area contributed by atoms with Gasteiger partial charge in [0.05, 0.1) is 12.0 Å². The van der Waals surface area contributed by atoms with E-state index in [2.05, 4.69) is 21.4 Å². The molecule has 0 amide bonds. The monoisotopic (exact) mass is 248 g/mol. The lowest BCUT2D eigenvalue weighted by molar-refractivity contribution is 0.259. The van der Waals surface area contributed by atoms with Crippen LogP contribution in [0.2, 0.25) is 0 Å². The normalized spacial score (nSPS) is 32.7. The minimum absolute atomic E-state index is 0.435. The van der Waals surface area contributed by atoms with Crippen molar-refractivity contribution in [2.75, 3.05) is 13.1 Å². The number of nitrogens with zero attached hydrogens (tertiary/aromatic N) is 3. The van der Waals surface area contributed by atoms with Crippen LogP contribution in [-0.4, -0.2) is 33.6 Å². The van der Waals surface area contributed by atoms with E-state index in [1.807, 2.05) is 12.5 Å². The molecule has 4 nitrogen and oxygen atoms in total. The number of hydrogen-bond donors (Lipinski definition) is 1. The number of nitrogens with two attached hydrogens (primary N) is 1. The third kappa shape index (κ3) is 2.19. The van der Waals surface area contributed by atoms with E-state index < -0.39 is 0 Å². The number of aromatic nitrogens is 2. The second-order valence-electron chi connectivity index (χ2n) is 5.88. The van der Waals surface area contributed by atoms with E-state index in [9.17, 15) is 0 Å². The maximum absolute atomic E-state index is 6.27. The molecule has 0 aromatic carbocycles. The van der Waals surface area contributed by atoms with Crippen LogP contribution in [0.5, 0.6) is 0 Å². The SMILES string of the molecule is CCn1cncc1CN1CC2CCCC(N)C2C1. The number of rotatable bonds is 3. The summed E-state index contributed by atoms with van der Waals surface area (Å²) in [6, 6.07) is 0.435. The number of likely N-dealkylation sites (tertiary alicyclic amines) is 1. The number of fused-ring (bicyclic) bond motifs is 1. The fourth-order valence-electron chi connectivity index (χ4n) is 3.73. The summed E-state index contributed by atoms with van der Waals surface area (Å²) in [6.45, 7) is 6.63. The molecule has 4 heteroatoms. The summed E-state index contributed by atoms with van der Waals surface area (Å²) in [5.41, 5.74) is 7.61. The van der Waals surface area contributed by atoms with Gasteiger partial charge in [-0.2, -0.15) is 0 Å². The van der Waals surface area contributed by atoms with Crippen molar-refractivity contribution < 1.29 is 0 Å². The minimum Gasteiger partial charge on any atom is -0.334 e. The van der Waals surface area contributed by atoms with Crippen LogP contribution in [0.1, 0.15) is 31.9 Å². The molecule has 0 radical (unpaired) electrons. The standard InChI is InChI=1S/C14H24N4/c1-2-18-10-16-6-12(18)8-17-7-11-4-3-5-14(15)13(11)9-17/h6,10-11,13-14H,2-5,7-9,15H2,1H3. The van der Waals surface area contributed by atoms with Crippen LogP contribution >= 0.6 is 0 Å². The third-order valence-electron chi connectivity index (χ3n) is 4.75. The second-order valence-corrected chi connectivity index (χ2v) is 5.88. The first-order chi connectivity index (χ1) is 8.78. The second kappa shape index (κ2) is 5.02. The first kappa shape index (κ1) is 12.2. The van der Waals surface area contributed by atoms with Crippen LogP contribution in [0.3, 0.4) is 0 Å². The smallest absolute Gasteiger partial charge is 0.0948 e. The van der Waals surface area contributed by atoms with Crippen LogP contribution in [0.25, 0.3) is 0 Å². The Kier molecular flexibility index (Phi) is 3.39. The fourth-order valence-corrected chi connectivity index (χ4v) is 3.73. The van der Waals surface area contributed by atoms with Crippen molar-refractivity contribution in [1.82, 2.24) is 14.5 Å². The highest BCUT2D eigenvalue weighted by Gasteiger charge is 2.38. The van der Waals surface area contributed by atoms with Crippen LogP contribution in [-0.2, 0) is 13.1 Å². The molecule has 2 N–H and O–H groups in total. The average molecular weight is 248 g/mol. The molecule has 100 valence electrons. The molecule has 1 aliphatic heterocycles. The Morgan fingerprint density at radius 2 is 2.28 bits per heavy atom. The van der Waals surface area contributed by atoms with Gasteiger partial charge in [0, 0.05) is 38.4 Å². The van der Waals surface area contributed by atoms with Gasteiger partial charge >= 0.3 is 0 Å². The van der Waals surface area contributed by atoms with Gasteiger partial charge in [-0.05, 0) is 31.6 Å². The highest BCUT2D eigenvalue weighted by Crippen LogP contribution is 2.35. The lowest BCUT2D eigenvalue weighted by Crippen LogP contribution is -2.38. The molecule has 1 aromatic rings. The summed E-state index contributed by atoms with van der Waals surface area (Å²) in [5.74, 6) is 1.57. The molecule has 1 aliphatic carbocycles. The molecule has 1 saturated heterocycles. The molecule has 3 unspecified atom stereocenters. The van der Waals surface area contributed by atoms with E-state index in [4.69, 9.17) is 5.73 Å². The van der Waals surface area contributed by atoms with Gasteiger partial charge in [-0.3, -0.25) is 4.90 Å². The van der Waals surface area contributed by atoms with Crippen LogP contribution in [0.4, 0.5) is 0 Å². The number of aryl methyl sites for hydroxylation is 1. The van der Waals surface area contributed by atoms with E-state index in [0.29, 0.717) is 6.04 Å². The van der Waals surface area contributed by atoms with Crippen molar-refractivity contribution in [3.05, 3.63) is 18.2 Å². The molecule has 2 fully saturated rings. The summed E-state index contributed by atoms with van der Waals surface area (Å²) < 4.78 is 2.24. The molecular formula is C14H24N4. The maximum atomic E-state index is 6.27. The largest absolute Gasteiger partial charge is 0.334 e. The van der Waals surface area contributed by atoms with Gasteiger partial charge in [-0.15, -0.1) is 0 Å². The summed E-state index contributed by atoms with van der Waals surface area (Å²) >= 11 is 0. The Balaban J connectivity index is 1.65. The van der Waals surface area contributed by atoms with Gasteiger partial charge in [0.2, 0.25) is 0 Å². The predicted molar refractivity (Wildman–Crippen MR) is 72.0 cm³/mol. The average Bonchev–Trinajstić information content (AvgIpc) is 2.96. The zero-order valence-corrected chi connectivity index (χ0v) is 11.3. The zero-order valence-electron chi connectivity index (χ0n) is 11.3. The quantitative estimate of drug-likeness (QED) is 0.881. The summed E-state index contributed by atoms with van der Waals surface area (Å²) in [4.78, 5) is 6.83. The summed E-state index contributed by atoms with van der Waals surface area (Å²) in [7, 11) is 0. The van der Waals surface area contributed by atoms with E-state index in [1.165, 1.54) is 38.0 Å². The molecule has 0 spiro atoms. The minimum atomic E-state index is 0.435. The van der Waals surface area contributed by atoms with Gasteiger partial charge in [-0.25, -0.2) is 4.98 Å². The van der Waals surface area contributed by atoms with E-state index >= 15 is 0 Å². The topological polar surface area (TPSA) is 47.1 Å². The molecular weight excluding hydrogens is 224 g/mol. The van der Waals surface area contributed by atoms with Gasteiger partial charge in [0.25, 0.3) is 0 Å². The third-order valence-corrected chi connectivity index (χ3v) is 4.75. The first-order valence-electron chi connectivity index (χ1n) is 7.25. The molecule has 2 aliphatic rings. The first-order valence-corrected chi connectivity index (χ1v) is 7.25. The summed E-state index contributed by atoms with van der Waals surface area (Å²) in [5, 5.41) is 0. The van der Waals surface area contributed by atoms with Crippen LogP contribution in [0, 0.1) is 11.8 Å². The Morgan fingerprint density at radius 1 is 1.39 bits per heavy atom. The highest BCUT2D eigenvalue weighted by atomic mass is 15.2. The van der Waals surface area contributed by atoms with Crippen molar-refractivity contribution in [2.45, 2.75) is 45.3 Å². The Morgan fingerprint density at radius 3 is 3.06 bits per heavy atom. The number of hydrogen-bond acceptors (Lipinski definition) is 3. The van der Waals surface area contributed by atoms with Crippen molar-refractivity contribution in [2.24, 2.45) is 17.6 Å². The molecule has 1 aromatic heterocycles. The van der Waals surface area contributed by atoms with E-state index in [1.54, 1.807) is 0 Å². The van der Waals surface area contributed by atoms with Crippen molar-refractivity contribution in [3.63, 3.8) is 0 Å². The van der Waals surface area contributed by atoms with Crippen molar-refractivity contribution in [1.29, 1.82) is 0 Å². The van der Waals surface area contributed by atoms with Gasteiger partial charge in [-0.1, -0.05) is 6.42 Å². The molecule has 18 heavy (non-hydrogen) atoms. The molecule has 1 saturated carbocycles. The zero-order chi connectivity index (χ0) is 12.5. The summed E-state index contributed by atoms with van der Waals surface area (Å²) in [6.07, 6.45) is 7.86. The molecule has 0 bridgehead atoms. The van der Waals surface area contributed by atoms with E-state index in [-0.39, 0.29) is 0 Å². The Hall–Kier alpha value is -0.870. The Labute approximate surface area is 109 Å². The van der Waals surface area contributed by atoms with Gasteiger partial charge in [0.1, 0.15) is 0 Å². The van der Waals surface area contributed by atoms with Crippen molar-refractivity contribution >= 4 is 0 Å². The molecule has 2 heterocycles. The molecule has 3 rings (SSSR count). The van der Waals surface area contributed by atoms with Crippen molar-refractivity contribution in [3.8, 4) is 0 Å². The lowest BCUT2D eigenvalue weighted by Gasteiger charge is -2.29. The maximum Gasteiger partial charge on any atom is 0.0948 e. The lowest BCUT2D eigenvalue weighted by atomic mass is 9.78. The fraction of sp³-hybridized carbons (Fsp3) is 0.786. The van der Waals surface area contributed by atoms with E-state index in [0.717, 1.165) is 24.9 Å². The highest BCUT2D eigenvalue weighted by molar-refractivity contribution is 5.01. The molecule has 3 atom stereocenters. The van der Waals surface area contributed by atoms with Crippen LogP contribution in [0.15, 0.2) is 12.5 Å². The Bertz CT molecular complexity index is 400. The van der Waals surface area contributed by atoms with Gasteiger partial charge in [0.15, 0.2) is 0 Å². The number of imidazole rings is 1. The predicted octanol–water partition coefficient (Wildman–Crippen LogP) is 1.46. The van der Waals surface area contributed by atoms with Crippen LogP contribution < -0.4 is 5.73 Å². The van der Waals surface area contributed by atoms with Gasteiger partial charge < -0.3 is 10.3 Å².